The summed E-state index contributed by atoms with van der Waals surface area (Å²) < 4.78 is 0. The van der Waals surface area contributed by atoms with Gasteiger partial charge in [0.25, 0.3) is 0 Å². The highest BCUT2D eigenvalue weighted by atomic mass is 32.1. The molecule has 9 heavy (non-hydrogen) atoms. The smallest absolute Gasteiger partial charge is 0.00423 e. The van der Waals surface area contributed by atoms with Gasteiger partial charge in [-0.2, -0.15) is 12.6 Å². The lowest BCUT2D eigenvalue weighted by Gasteiger charge is -2.10. The van der Waals surface area contributed by atoms with Gasteiger partial charge in [0.15, 0.2) is 0 Å². The largest absolute Gasteiger partial charge is 0.314 e. The molecular formula is C7H15NS. The second kappa shape index (κ2) is 2.93. The van der Waals surface area contributed by atoms with Crippen molar-refractivity contribution in [1.29, 1.82) is 0 Å². The maximum atomic E-state index is 4.39. The van der Waals surface area contributed by atoms with Gasteiger partial charge in [-0.25, -0.2) is 0 Å². The Balaban J connectivity index is 2.30. The standard InChI is InChI=1S/C7H15NS/c1-5-3-7(4-8-5)6(2)9/h5-9H,3-4H2,1-2H3. The van der Waals surface area contributed by atoms with Crippen LogP contribution in [0.4, 0.5) is 0 Å². The van der Waals surface area contributed by atoms with E-state index in [0.29, 0.717) is 11.3 Å². The zero-order valence-electron chi connectivity index (χ0n) is 6.09. The SMILES string of the molecule is CC1CC(C(C)S)CN1. The summed E-state index contributed by atoms with van der Waals surface area (Å²) in [5.41, 5.74) is 0. The first-order valence-corrected chi connectivity index (χ1v) is 4.13. The zero-order chi connectivity index (χ0) is 6.85. The number of nitrogens with one attached hydrogen (secondary N) is 1. The molecule has 1 nitrogen and oxygen atoms in total. The van der Waals surface area contributed by atoms with E-state index in [1.54, 1.807) is 0 Å². The lowest BCUT2D eigenvalue weighted by atomic mass is 10.0. The fourth-order valence-corrected chi connectivity index (χ4v) is 1.57. The fraction of sp³-hybridized carbons (Fsp3) is 1.00. The molecule has 1 aliphatic rings. The molecule has 0 saturated carbocycles. The Kier molecular flexibility index (Phi) is 2.42. The Morgan fingerprint density at radius 2 is 2.33 bits per heavy atom. The molecule has 1 saturated heterocycles. The summed E-state index contributed by atoms with van der Waals surface area (Å²) in [6, 6.07) is 0.713. The van der Waals surface area contributed by atoms with Crippen LogP contribution < -0.4 is 5.32 Å². The van der Waals surface area contributed by atoms with E-state index in [1.807, 2.05) is 0 Å². The normalized spacial score (nSPS) is 39.0. The van der Waals surface area contributed by atoms with Gasteiger partial charge in [0.2, 0.25) is 0 Å². The van der Waals surface area contributed by atoms with E-state index in [4.69, 9.17) is 0 Å². The molecule has 0 aromatic carbocycles. The fourth-order valence-electron chi connectivity index (χ4n) is 1.34. The van der Waals surface area contributed by atoms with Gasteiger partial charge in [-0.1, -0.05) is 6.92 Å². The van der Waals surface area contributed by atoms with Crippen LogP contribution in [-0.4, -0.2) is 17.8 Å². The number of rotatable bonds is 1. The van der Waals surface area contributed by atoms with Crippen molar-refractivity contribution in [3.63, 3.8) is 0 Å². The molecule has 3 unspecified atom stereocenters. The minimum absolute atomic E-state index is 0.558. The van der Waals surface area contributed by atoms with E-state index in [0.717, 1.165) is 12.5 Å². The van der Waals surface area contributed by atoms with Crippen LogP contribution in [-0.2, 0) is 0 Å². The third-order valence-corrected chi connectivity index (χ3v) is 2.49. The monoisotopic (exact) mass is 145 g/mol. The van der Waals surface area contributed by atoms with Crippen LogP contribution in [0, 0.1) is 5.92 Å². The van der Waals surface area contributed by atoms with E-state index in [-0.39, 0.29) is 0 Å². The average molecular weight is 145 g/mol. The van der Waals surface area contributed by atoms with Gasteiger partial charge in [-0.15, -0.1) is 0 Å². The summed E-state index contributed by atoms with van der Waals surface area (Å²) in [5.74, 6) is 0.795. The van der Waals surface area contributed by atoms with E-state index in [9.17, 15) is 0 Å². The Hall–Kier alpha value is 0.310. The van der Waals surface area contributed by atoms with Crippen molar-refractivity contribution in [2.24, 2.45) is 5.92 Å². The molecular weight excluding hydrogens is 130 g/mol. The Labute approximate surface area is 62.6 Å². The van der Waals surface area contributed by atoms with Crippen LogP contribution in [0.5, 0.6) is 0 Å². The topological polar surface area (TPSA) is 12.0 Å². The quantitative estimate of drug-likeness (QED) is 0.530. The predicted molar refractivity (Wildman–Crippen MR) is 44.0 cm³/mol. The van der Waals surface area contributed by atoms with Crippen LogP contribution in [0.2, 0.25) is 0 Å². The summed E-state index contributed by atoms with van der Waals surface area (Å²) in [6.07, 6.45) is 1.30. The molecule has 0 aromatic rings. The first-order valence-electron chi connectivity index (χ1n) is 3.61. The lowest BCUT2D eigenvalue weighted by Crippen LogP contribution is -2.18. The molecule has 0 aromatic heterocycles. The maximum absolute atomic E-state index is 4.39. The van der Waals surface area contributed by atoms with Crippen LogP contribution in [0.15, 0.2) is 0 Å². The molecule has 2 heteroatoms. The minimum Gasteiger partial charge on any atom is -0.314 e. The first-order chi connectivity index (χ1) is 4.20. The van der Waals surface area contributed by atoms with Gasteiger partial charge in [-0.3, -0.25) is 0 Å². The molecule has 1 N–H and O–H groups in total. The Morgan fingerprint density at radius 1 is 1.67 bits per heavy atom. The van der Waals surface area contributed by atoms with Crippen molar-refractivity contribution in [3.8, 4) is 0 Å². The lowest BCUT2D eigenvalue weighted by molar-refractivity contribution is 0.565. The van der Waals surface area contributed by atoms with Gasteiger partial charge in [0.05, 0.1) is 0 Å². The van der Waals surface area contributed by atoms with E-state index < -0.39 is 0 Å². The number of hydrogen-bond acceptors (Lipinski definition) is 2. The zero-order valence-corrected chi connectivity index (χ0v) is 6.99. The highest BCUT2D eigenvalue weighted by molar-refractivity contribution is 7.80. The Morgan fingerprint density at radius 3 is 2.56 bits per heavy atom. The summed E-state index contributed by atoms with van der Waals surface area (Å²) in [4.78, 5) is 0. The highest BCUT2D eigenvalue weighted by Crippen LogP contribution is 2.20. The van der Waals surface area contributed by atoms with Crippen molar-refractivity contribution >= 4 is 12.6 Å². The maximum Gasteiger partial charge on any atom is 0.00423 e. The van der Waals surface area contributed by atoms with Gasteiger partial charge < -0.3 is 5.32 Å². The number of hydrogen-bond donors (Lipinski definition) is 2. The van der Waals surface area contributed by atoms with Gasteiger partial charge in [0.1, 0.15) is 0 Å². The second-order valence-electron chi connectivity index (χ2n) is 3.05. The minimum atomic E-state index is 0.558. The third-order valence-electron chi connectivity index (χ3n) is 2.07. The van der Waals surface area contributed by atoms with Crippen molar-refractivity contribution in [2.75, 3.05) is 6.54 Å². The van der Waals surface area contributed by atoms with Gasteiger partial charge in [0, 0.05) is 11.3 Å². The molecule has 0 radical (unpaired) electrons. The number of thiol groups is 1. The summed E-state index contributed by atoms with van der Waals surface area (Å²) >= 11 is 4.39. The molecule has 0 spiro atoms. The first kappa shape index (κ1) is 7.42. The highest BCUT2D eigenvalue weighted by Gasteiger charge is 2.23. The van der Waals surface area contributed by atoms with Crippen LogP contribution in [0.3, 0.4) is 0 Å². The molecule has 1 rings (SSSR count). The van der Waals surface area contributed by atoms with Crippen LogP contribution in [0.25, 0.3) is 0 Å². The molecule has 0 aliphatic carbocycles. The van der Waals surface area contributed by atoms with Crippen LogP contribution in [0.1, 0.15) is 20.3 Å². The summed E-state index contributed by atoms with van der Waals surface area (Å²) in [7, 11) is 0. The van der Waals surface area contributed by atoms with Crippen molar-refractivity contribution in [2.45, 2.75) is 31.6 Å². The van der Waals surface area contributed by atoms with Crippen molar-refractivity contribution in [1.82, 2.24) is 5.32 Å². The van der Waals surface area contributed by atoms with Gasteiger partial charge >= 0.3 is 0 Å². The third kappa shape index (κ3) is 1.87. The molecule has 0 amide bonds. The molecule has 1 heterocycles. The van der Waals surface area contributed by atoms with Crippen molar-refractivity contribution < 1.29 is 0 Å². The van der Waals surface area contributed by atoms with Gasteiger partial charge in [-0.05, 0) is 25.8 Å². The molecule has 3 atom stereocenters. The Bertz CT molecular complexity index is 92.9. The molecule has 54 valence electrons. The summed E-state index contributed by atoms with van der Waals surface area (Å²) in [6.45, 7) is 5.56. The van der Waals surface area contributed by atoms with E-state index in [1.165, 1.54) is 6.42 Å². The molecule has 1 aliphatic heterocycles. The predicted octanol–water partition coefficient (Wildman–Crippen LogP) is 1.30. The van der Waals surface area contributed by atoms with E-state index >= 15 is 0 Å². The van der Waals surface area contributed by atoms with E-state index in [2.05, 4.69) is 31.8 Å². The molecule has 0 bridgehead atoms. The van der Waals surface area contributed by atoms with Crippen LogP contribution >= 0.6 is 12.6 Å². The molecule has 1 fully saturated rings. The average Bonchev–Trinajstić information content (AvgIpc) is 2.14. The second-order valence-corrected chi connectivity index (χ2v) is 3.86. The summed E-state index contributed by atoms with van der Waals surface area (Å²) in [5, 5.41) is 3.96. The van der Waals surface area contributed by atoms with Crippen molar-refractivity contribution in [3.05, 3.63) is 0 Å².